The maximum atomic E-state index is 11.2. The van der Waals surface area contributed by atoms with Crippen LogP contribution < -0.4 is 0 Å². The molecule has 2 aliphatic carbocycles. The summed E-state index contributed by atoms with van der Waals surface area (Å²) >= 11 is 0. The fourth-order valence-electron chi connectivity index (χ4n) is 4.16. The third-order valence-corrected chi connectivity index (χ3v) is 5.25. The minimum atomic E-state index is -0.817. The van der Waals surface area contributed by atoms with Crippen molar-refractivity contribution < 1.29 is 9.90 Å². The van der Waals surface area contributed by atoms with Crippen molar-refractivity contribution in [3.8, 4) is 0 Å². The molecule has 20 heavy (non-hydrogen) atoms. The molecule has 2 saturated carbocycles. The molecule has 2 bridgehead atoms. The Balaban J connectivity index is 1.61. The lowest BCUT2D eigenvalue weighted by Gasteiger charge is -2.31. The van der Waals surface area contributed by atoms with Crippen molar-refractivity contribution in [1.29, 1.82) is 0 Å². The zero-order valence-electron chi connectivity index (χ0n) is 12.1. The Morgan fingerprint density at radius 2 is 2.10 bits per heavy atom. The maximum Gasteiger partial charge on any atom is 0.335 e. The number of rotatable bonds is 5. The first-order valence-corrected chi connectivity index (χ1v) is 7.66. The number of nitrogens with zero attached hydrogens (tertiary/aromatic N) is 1. The summed E-state index contributed by atoms with van der Waals surface area (Å²) < 4.78 is 0. The molecule has 3 unspecified atom stereocenters. The fraction of sp³-hybridized carbons (Fsp3) is 0.588. The van der Waals surface area contributed by atoms with Gasteiger partial charge in [-0.2, -0.15) is 0 Å². The Morgan fingerprint density at radius 3 is 2.75 bits per heavy atom. The van der Waals surface area contributed by atoms with Gasteiger partial charge in [0, 0.05) is 12.6 Å². The number of fused-ring (bicyclic) bond motifs is 2. The fourth-order valence-corrected chi connectivity index (χ4v) is 4.16. The molecule has 3 atom stereocenters. The van der Waals surface area contributed by atoms with Gasteiger partial charge in [-0.1, -0.05) is 24.6 Å². The van der Waals surface area contributed by atoms with Gasteiger partial charge in [-0.15, -0.1) is 0 Å². The molecule has 3 nitrogen and oxygen atoms in total. The van der Waals surface area contributed by atoms with E-state index < -0.39 is 5.97 Å². The highest BCUT2D eigenvalue weighted by Gasteiger charge is 2.41. The highest BCUT2D eigenvalue weighted by atomic mass is 16.4. The van der Waals surface area contributed by atoms with Gasteiger partial charge in [0.1, 0.15) is 0 Å². The maximum absolute atomic E-state index is 11.2. The minimum Gasteiger partial charge on any atom is -0.478 e. The molecule has 2 fully saturated rings. The molecule has 3 heteroatoms. The second-order valence-electron chi connectivity index (χ2n) is 6.44. The van der Waals surface area contributed by atoms with Gasteiger partial charge in [0.15, 0.2) is 0 Å². The van der Waals surface area contributed by atoms with Crippen LogP contribution in [-0.2, 0) is 6.42 Å². The molecule has 0 amide bonds. The van der Waals surface area contributed by atoms with Crippen LogP contribution in [0.1, 0.15) is 41.6 Å². The number of aromatic carboxylic acids is 1. The summed E-state index contributed by atoms with van der Waals surface area (Å²) in [5.41, 5.74) is 1.41. The van der Waals surface area contributed by atoms with Gasteiger partial charge >= 0.3 is 5.97 Å². The lowest BCUT2D eigenvalue weighted by molar-refractivity contribution is 0.0695. The average molecular weight is 273 g/mol. The first kappa shape index (κ1) is 13.6. The van der Waals surface area contributed by atoms with Gasteiger partial charge < -0.3 is 10.0 Å². The molecular formula is C17H23NO2. The van der Waals surface area contributed by atoms with E-state index in [1.807, 2.05) is 12.1 Å². The SMILES string of the molecule is CN(CCc1ccccc1C(=O)O)C1CC2CCC1C2. The number of benzene rings is 1. The van der Waals surface area contributed by atoms with Gasteiger partial charge in [-0.05, 0) is 56.2 Å². The molecule has 108 valence electrons. The Bertz CT molecular complexity index is 500. The van der Waals surface area contributed by atoms with Crippen LogP contribution in [0.4, 0.5) is 0 Å². The summed E-state index contributed by atoms with van der Waals surface area (Å²) in [6.45, 7) is 0.957. The molecule has 1 aromatic rings. The Labute approximate surface area is 120 Å². The molecule has 1 N–H and O–H groups in total. The smallest absolute Gasteiger partial charge is 0.335 e. The third kappa shape index (κ3) is 2.59. The largest absolute Gasteiger partial charge is 0.478 e. The zero-order valence-corrected chi connectivity index (χ0v) is 12.1. The summed E-state index contributed by atoms with van der Waals surface area (Å²) in [6.07, 6.45) is 6.41. The molecule has 2 aliphatic rings. The second kappa shape index (κ2) is 5.57. The molecule has 0 radical (unpaired) electrons. The third-order valence-electron chi connectivity index (χ3n) is 5.25. The van der Waals surface area contributed by atoms with Crippen molar-refractivity contribution in [2.75, 3.05) is 13.6 Å². The van der Waals surface area contributed by atoms with Crippen LogP contribution >= 0.6 is 0 Å². The molecule has 0 heterocycles. The number of carboxylic acid groups (broad SMARTS) is 1. The van der Waals surface area contributed by atoms with E-state index >= 15 is 0 Å². The minimum absolute atomic E-state index is 0.453. The van der Waals surface area contributed by atoms with Crippen LogP contribution in [0.25, 0.3) is 0 Å². The predicted molar refractivity (Wildman–Crippen MR) is 79.0 cm³/mol. The van der Waals surface area contributed by atoms with Crippen LogP contribution in [0.3, 0.4) is 0 Å². The van der Waals surface area contributed by atoms with Crippen LogP contribution in [0.2, 0.25) is 0 Å². The van der Waals surface area contributed by atoms with Gasteiger partial charge in [0.25, 0.3) is 0 Å². The van der Waals surface area contributed by atoms with Crippen molar-refractivity contribution in [3.63, 3.8) is 0 Å². The van der Waals surface area contributed by atoms with Gasteiger partial charge in [0.05, 0.1) is 5.56 Å². The molecule has 0 aliphatic heterocycles. The van der Waals surface area contributed by atoms with Crippen molar-refractivity contribution in [2.24, 2.45) is 11.8 Å². The van der Waals surface area contributed by atoms with Gasteiger partial charge in [0.2, 0.25) is 0 Å². The summed E-state index contributed by atoms with van der Waals surface area (Å²) in [7, 11) is 2.20. The number of carbonyl (C=O) groups is 1. The normalized spacial score (nSPS) is 28.2. The van der Waals surface area contributed by atoms with E-state index in [1.165, 1.54) is 25.7 Å². The second-order valence-corrected chi connectivity index (χ2v) is 6.44. The van der Waals surface area contributed by atoms with E-state index in [0.717, 1.165) is 36.4 Å². The number of likely N-dealkylation sites (N-methyl/N-ethyl adjacent to an activating group) is 1. The predicted octanol–water partition coefficient (Wildman–Crippen LogP) is 3.05. The average Bonchev–Trinajstić information content (AvgIpc) is 3.07. The van der Waals surface area contributed by atoms with Crippen LogP contribution in [0.15, 0.2) is 24.3 Å². The van der Waals surface area contributed by atoms with E-state index in [9.17, 15) is 9.90 Å². The molecule has 0 saturated heterocycles. The Morgan fingerprint density at radius 1 is 1.30 bits per heavy atom. The summed E-state index contributed by atoms with van der Waals surface area (Å²) in [6, 6.07) is 8.10. The van der Waals surface area contributed by atoms with E-state index in [-0.39, 0.29) is 0 Å². The lowest BCUT2D eigenvalue weighted by Crippen LogP contribution is -2.37. The highest BCUT2D eigenvalue weighted by molar-refractivity contribution is 5.89. The summed E-state index contributed by atoms with van der Waals surface area (Å²) in [5, 5.41) is 9.21. The van der Waals surface area contributed by atoms with Crippen molar-refractivity contribution in [3.05, 3.63) is 35.4 Å². The van der Waals surface area contributed by atoms with Crippen molar-refractivity contribution >= 4 is 5.97 Å². The first-order valence-electron chi connectivity index (χ1n) is 7.66. The number of hydrogen-bond donors (Lipinski definition) is 1. The summed E-state index contributed by atoms with van der Waals surface area (Å²) in [5.74, 6) is 1.03. The quantitative estimate of drug-likeness (QED) is 0.896. The van der Waals surface area contributed by atoms with Crippen molar-refractivity contribution in [1.82, 2.24) is 4.90 Å². The summed E-state index contributed by atoms with van der Waals surface area (Å²) in [4.78, 5) is 13.7. The molecular weight excluding hydrogens is 250 g/mol. The Kier molecular flexibility index (Phi) is 3.79. The zero-order chi connectivity index (χ0) is 14.1. The Hall–Kier alpha value is -1.35. The van der Waals surface area contributed by atoms with Crippen LogP contribution in [-0.4, -0.2) is 35.6 Å². The molecule has 1 aromatic carbocycles. The van der Waals surface area contributed by atoms with E-state index in [1.54, 1.807) is 12.1 Å². The lowest BCUT2D eigenvalue weighted by atomic mass is 9.94. The highest BCUT2D eigenvalue weighted by Crippen LogP contribution is 2.46. The van der Waals surface area contributed by atoms with Crippen molar-refractivity contribution in [2.45, 2.75) is 38.1 Å². The molecule has 0 aromatic heterocycles. The topological polar surface area (TPSA) is 40.5 Å². The van der Waals surface area contributed by atoms with E-state index in [4.69, 9.17) is 0 Å². The molecule has 3 rings (SSSR count). The van der Waals surface area contributed by atoms with E-state index in [0.29, 0.717) is 5.56 Å². The number of carboxylic acids is 1. The first-order chi connectivity index (χ1) is 9.65. The molecule has 0 spiro atoms. The van der Waals surface area contributed by atoms with Crippen LogP contribution in [0, 0.1) is 11.8 Å². The standard InChI is InChI=1S/C17H23NO2/c1-18(16-11-12-6-7-14(16)10-12)9-8-13-4-2-3-5-15(13)17(19)20/h2-5,12,14,16H,6-11H2,1H3,(H,19,20). The monoisotopic (exact) mass is 273 g/mol. The van der Waals surface area contributed by atoms with Crippen LogP contribution in [0.5, 0.6) is 0 Å². The van der Waals surface area contributed by atoms with Gasteiger partial charge in [-0.3, -0.25) is 0 Å². The van der Waals surface area contributed by atoms with Gasteiger partial charge in [-0.25, -0.2) is 4.79 Å². The number of hydrogen-bond acceptors (Lipinski definition) is 2. The van der Waals surface area contributed by atoms with E-state index in [2.05, 4.69) is 11.9 Å².